The number of rotatable bonds is 6. The van der Waals surface area contributed by atoms with Gasteiger partial charge in [-0.3, -0.25) is 0 Å². The lowest BCUT2D eigenvalue weighted by atomic mass is 9.93. The second-order valence-electron chi connectivity index (χ2n) is 12.9. The smallest absolute Gasteiger partial charge is 0.138 e. The summed E-state index contributed by atoms with van der Waals surface area (Å²) in [7, 11) is 0. The molecule has 2 aromatic heterocycles. The fourth-order valence-electron chi connectivity index (χ4n) is 7.72. The highest BCUT2D eigenvalue weighted by Gasteiger charge is 2.23. The summed E-state index contributed by atoms with van der Waals surface area (Å²) in [5, 5.41) is 4.69. The molecule has 8 aromatic carbocycles. The van der Waals surface area contributed by atoms with Crippen molar-refractivity contribution in [3.63, 3.8) is 0 Å². The average Bonchev–Trinajstić information content (AvgIpc) is 3.74. The highest BCUT2D eigenvalue weighted by Crippen LogP contribution is 2.47. The van der Waals surface area contributed by atoms with Gasteiger partial charge in [0.15, 0.2) is 0 Å². The Hall–Kier alpha value is -6.84. The number of furan rings is 1. The molecule has 0 amide bonds. The molecule has 2 heterocycles. The summed E-state index contributed by atoms with van der Waals surface area (Å²) in [5.41, 5.74) is 13.2. The van der Waals surface area contributed by atoms with E-state index >= 15 is 0 Å². The van der Waals surface area contributed by atoms with E-state index in [1.165, 1.54) is 33.0 Å². The Balaban J connectivity index is 1.27. The van der Waals surface area contributed by atoms with Gasteiger partial charge < -0.3 is 13.9 Å². The maximum atomic E-state index is 6.63. The van der Waals surface area contributed by atoms with E-state index in [9.17, 15) is 0 Å². The van der Waals surface area contributed by atoms with Gasteiger partial charge in [-0.05, 0) is 83.4 Å². The number of fused-ring (bicyclic) bond motifs is 6. The molecule has 10 aromatic rings. The van der Waals surface area contributed by atoms with Gasteiger partial charge in [-0.15, -0.1) is 0 Å². The maximum absolute atomic E-state index is 6.63. The van der Waals surface area contributed by atoms with Gasteiger partial charge in [-0.25, -0.2) is 0 Å². The standard InChI is InChI=1S/C48H32N2O/c1-5-15-33(16-6-1)35-25-30-42-41(31-35)47-43(32-45-48(40-23-13-14-24-44(40)51-45)46(47)34-17-7-2-8-18-34)50(42)39-28-26-38(27-29-39)49(36-19-9-3-10-20-36)37-21-11-4-12-22-37/h1-32H. The van der Waals surface area contributed by atoms with Gasteiger partial charge in [-0.1, -0.05) is 121 Å². The van der Waals surface area contributed by atoms with Crippen LogP contribution in [0.25, 0.3) is 71.7 Å². The van der Waals surface area contributed by atoms with Crippen molar-refractivity contribution in [3.8, 4) is 27.9 Å². The quantitative estimate of drug-likeness (QED) is 0.178. The molecule has 0 saturated heterocycles. The molecule has 0 radical (unpaired) electrons. The van der Waals surface area contributed by atoms with Gasteiger partial charge in [0.05, 0.1) is 11.0 Å². The van der Waals surface area contributed by atoms with Crippen molar-refractivity contribution in [2.24, 2.45) is 0 Å². The molecule has 0 saturated carbocycles. The predicted octanol–water partition coefficient (Wildman–Crippen LogP) is 13.5. The van der Waals surface area contributed by atoms with Crippen molar-refractivity contribution >= 4 is 60.8 Å². The van der Waals surface area contributed by atoms with Gasteiger partial charge >= 0.3 is 0 Å². The zero-order valence-corrected chi connectivity index (χ0v) is 27.8. The van der Waals surface area contributed by atoms with Crippen LogP contribution in [0.5, 0.6) is 0 Å². The lowest BCUT2D eigenvalue weighted by Gasteiger charge is -2.25. The van der Waals surface area contributed by atoms with Gasteiger partial charge in [0.2, 0.25) is 0 Å². The zero-order chi connectivity index (χ0) is 33.7. The first-order valence-electron chi connectivity index (χ1n) is 17.4. The second-order valence-corrected chi connectivity index (χ2v) is 12.9. The first-order chi connectivity index (χ1) is 25.3. The molecule has 0 unspecified atom stereocenters. The SMILES string of the molecule is c1ccc(-c2ccc3c(c2)c2c(-c4ccccc4)c4c(cc2n3-c2ccc(N(c3ccccc3)c3ccccc3)cc2)oc2ccccc24)cc1. The number of benzene rings is 8. The summed E-state index contributed by atoms with van der Waals surface area (Å²) in [5.74, 6) is 0. The van der Waals surface area contributed by atoms with Crippen molar-refractivity contribution in [1.29, 1.82) is 0 Å². The molecule has 51 heavy (non-hydrogen) atoms. The third-order valence-electron chi connectivity index (χ3n) is 9.96. The maximum Gasteiger partial charge on any atom is 0.138 e. The first kappa shape index (κ1) is 29.1. The predicted molar refractivity (Wildman–Crippen MR) is 214 cm³/mol. The Morgan fingerprint density at radius 3 is 1.61 bits per heavy atom. The summed E-state index contributed by atoms with van der Waals surface area (Å²) >= 11 is 0. The largest absolute Gasteiger partial charge is 0.456 e. The third-order valence-corrected chi connectivity index (χ3v) is 9.96. The summed E-state index contributed by atoms with van der Waals surface area (Å²) in [6, 6.07) is 69.0. The van der Waals surface area contributed by atoms with Gasteiger partial charge in [0, 0.05) is 55.9 Å². The topological polar surface area (TPSA) is 21.3 Å². The molecule has 3 nitrogen and oxygen atoms in total. The number of aromatic nitrogens is 1. The molecule has 0 bridgehead atoms. The van der Waals surface area contributed by atoms with Crippen LogP contribution in [0.15, 0.2) is 199 Å². The number of anilines is 3. The number of para-hydroxylation sites is 3. The van der Waals surface area contributed by atoms with E-state index in [0.717, 1.165) is 55.7 Å². The van der Waals surface area contributed by atoms with Gasteiger partial charge in [0.1, 0.15) is 11.2 Å². The molecule has 0 aliphatic carbocycles. The van der Waals surface area contributed by atoms with Crippen molar-refractivity contribution in [2.45, 2.75) is 0 Å². The summed E-state index contributed by atoms with van der Waals surface area (Å²) in [6.07, 6.45) is 0. The highest BCUT2D eigenvalue weighted by molar-refractivity contribution is 6.27. The average molecular weight is 653 g/mol. The van der Waals surface area contributed by atoms with Crippen LogP contribution in [0.2, 0.25) is 0 Å². The van der Waals surface area contributed by atoms with Crippen LogP contribution in [0.1, 0.15) is 0 Å². The van der Waals surface area contributed by atoms with E-state index in [2.05, 4.69) is 198 Å². The van der Waals surface area contributed by atoms with Crippen LogP contribution < -0.4 is 4.90 Å². The van der Waals surface area contributed by atoms with E-state index in [-0.39, 0.29) is 0 Å². The number of hydrogen-bond donors (Lipinski definition) is 0. The fraction of sp³-hybridized carbons (Fsp3) is 0. The molecule has 0 N–H and O–H groups in total. The van der Waals surface area contributed by atoms with Crippen LogP contribution in [0, 0.1) is 0 Å². The lowest BCUT2D eigenvalue weighted by Crippen LogP contribution is -2.09. The Kier molecular flexibility index (Phi) is 6.81. The summed E-state index contributed by atoms with van der Waals surface area (Å²) < 4.78 is 9.03. The molecule has 0 aliphatic rings. The number of hydrogen-bond acceptors (Lipinski definition) is 2. The minimum absolute atomic E-state index is 0.880. The van der Waals surface area contributed by atoms with Crippen LogP contribution in [-0.2, 0) is 0 Å². The molecule has 240 valence electrons. The van der Waals surface area contributed by atoms with E-state index in [1.807, 2.05) is 6.07 Å². The molecule has 0 fully saturated rings. The van der Waals surface area contributed by atoms with Crippen LogP contribution in [0.4, 0.5) is 17.1 Å². The first-order valence-corrected chi connectivity index (χ1v) is 17.4. The fourth-order valence-corrected chi connectivity index (χ4v) is 7.72. The molecule has 10 rings (SSSR count). The van der Waals surface area contributed by atoms with E-state index in [1.54, 1.807) is 0 Å². The van der Waals surface area contributed by atoms with Crippen LogP contribution >= 0.6 is 0 Å². The molecule has 0 spiro atoms. The van der Waals surface area contributed by atoms with Gasteiger partial charge in [0.25, 0.3) is 0 Å². The van der Waals surface area contributed by atoms with Crippen LogP contribution in [0.3, 0.4) is 0 Å². The molecular formula is C48H32N2O. The van der Waals surface area contributed by atoms with E-state index < -0.39 is 0 Å². The molecule has 3 heteroatoms. The normalized spacial score (nSPS) is 11.5. The van der Waals surface area contributed by atoms with Crippen molar-refractivity contribution < 1.29 is 4.42 Å². The minimum atomic E-state index is 0.880. The summed E-state index contributed by atoms with van der Waals surface area (Å²) in [4.78, 5) is 2.30. The Bertz CT molecular complexity index is 2780. The molecule has 0 atom stereocenters. The van der Waals surface area contributed by atoms with Crippen molar-refractivity contribution in [2.75, 3.05) is 4.90 Å². The third kappa shape index (κ3) is 4.82. The number of nitrogens with zero attached hydrogens (tertiary/aromatic N) is 2. The monoisotopic (exact) mass is 652 g/mol. The van der Waals surface area contributed by atoms with Crippen molar-refractivity contribution in [1.82, 2.24) is 4.57 Å². The van der Waals surface area contributed by atoms with E-state index in [4.69, 9.17) is 4.42 Å². The molecule has 0 aliphatic heterocycles. The van der Waals surface area contributed by atoms with Crippen LogP contribution in [-0.4, -0.2) is 4.57 Å². The lowest BCUT2D eigenvalue weighted by molar-refractivity contribution is 0.669. The Morgan fingerprint density at radius 1 is 0.373 bits per heavy atom. The minimum Gasteiger partial charge on any atom is -0.456 e. The Labute approximate surface area is 295 Å². The van der Waals surface area contributed by atoms with Crippen molar-refractivity contribution in [3.05, 3.63) is 194 Å². The second kappa shape index (κ2) is 11.9. The zero-order valence-electron chi connectivity index (χ0n) is 27.8. The molecular weight excluding hydrogens is 621 g/mol. The highest BCUT2D eigenvalue weighted by atomic mass is 16.3. The summed E-state index contributed by atoms with van der Waals surface area (Å²) in [6.45, 7) is 0. The van der Waals surface area contributed by atoms with Gasteiger partial charge in [-0.2, -0.15) is 0 Å². The Morgan fingerprint density at radius 2 is 0.941 bits per heavy atom. The van der Waals surface area contributed by atoms with E-state index in [0.29, 0.717) is 0 Å².